The number of carbonyl (C=O) groups is 1. The molecule has 4 aromatic rings. The minimum Gasteiger partial charge on any atom is -0.493 e. The second kappa shape index (κ2) is 10.2. The van der Waals surface area contributed by atoms with Crippen LogP contribution in [0, 0.1) is 0 Å². The molecule has 4 aromatic carbocycles. The van der Waals surface area contributed by atoms with Crippen LogP contribution in [0.4, 0.5) is 0 Å². The van der Waals surface area contributed by atoms with Crippen LogP contribution in [0.15, 0.2) is 84.9 Å². The molecular formula is C29H28O4. The van der Waals surface area contributed by atoms with Gasteiger partial charge in [0.25, 0.3) is 0 Å². The summed E-state index contributed by atoms with van der Waals surface area (Å²) in [5.41, 5.74) is 2.43. The molecule has 0 saturated heterocycles. The lowest BCUT2D eigenvalue weighted by Gasteiger charge is -2.19. The molecule has 0 aliphatic carbocycles. The third kappa shape index (κ3) is 4.85. The Morgan fingerprint density at radius 1 is 0.758 bits per heavy atom. The minimum absolute atomic E-state index is 0.285. The van der Waals surface area contributed by atoms with Gasteiger partial charge in [0.1, 0.15) is 11.5 Å². The average molecular weight is 441 g/mol. The molecule has 4 heteroatoms. The summed E-state index contributed by atoms with van der Waals surface area (Å²) < 4.78 is 17.5. The van der Waals surface area contributed by atoms with Crippen molar-refractivity contribution in [3.63, 3.8) is 0 Å². The van der Waals surface area contributed by atoms with Gasteiger partial charge in [-0.05, 0) is 47.5 Å². The first-order chi connectivity index (χ1) is 16.1. The highest BCUT2D eigenvalue weighted by atomic mass is 16.5. The largest absolute Gasteiger partial charge is 0.493 e. The first kappa shape index (κ1) is 22.4. The first-order valence-corrected chi connectivity index (χ1v) is 11.2. The molecule has 4 nitrogen and oxygen atoms in total. The van der Waals surface area contributed by atoms with Crippen LogP contribution in [0.3, 0.4) is 0 Å². The summed E-state index contributed by atoms with van der Waals surface area (Å²) in [6.07, 6.45) is 0.582. The number of hydrogen-bond donors (Lipinski definition) is 0. The summed E-state index contributed by atoms with van der Waals surface area (Å²) >= 11 is 0. The molecule has 0 heterocycles. The van der Waals surface area contributed by atoms with E-state index in [4.69, 9.17) is 14.2 Å². The molecule has 33 heavy (non-hydrogen) atoms. The van der Waals surface area contributed by atoms with Crippen LogP contribution in [0.2, 0.25) is 0 Å². The van der Waals surface area contributed by atoms with Crippen molar-refractivity contribution < 1.29 is 19.0 Å². The van der Waals surface area contributed by atoms with Crippen LogP contribution in [0.25, 0.3) is 32.7 Å². The Hall–Kier alpha value is -3.79. The predicted molar refractivity (Wildman–Crippen MR) is 134 cm³/mol. The Morgan fingerprint density at radius 2 is 1.30 bits per heavy atom. The van der Waals surface area contributed by atoms with Crippen LogP contribution in [-0.2, 0) is 9.53 Å². The van der Waals surface area contributed by atoms with Crippen molar-refractivity contribution >= 4 is 27.5 Å². The van der Waals surface area contributed by atoms with Gasteiger partial charge in [0.05, 0.1) is 19.8 Å². The van der Waals surface area contributed by atoms with E-state index < -0.39 is 0 Å². The third-order valence-electron chi connectivity index (χ3n) is 5.46. The fourth-order valence-corrected chi connectivity index (χ4v) is 3.94. The van der Waals surface area contributed by atoms with Gasteiger partial charge in [-0.2, -0.15) is 0 Å². The number of fused-ring (bicyclic) bond motifs is 2. The summed E-state index contributed by atoms with van der Waals surface area (Å²) in [5.74, 6) is 1.23. The number of carbonyl (C=O) groups excluding carboxylic acids is 1. The minimum atomic E-state index is -0.376. The van der Waals surface area contributed by atoms with Crippen molar-refractivity contribution in [1.82, 2.24) is 0 Å². The molecule has 4 rings (SSSR count). The van der Waals surface area contributed by atoms with Gasteiger partial charge >= 0.3 is 5.97 Å². The first-order valence-electron chi connectivity index (χ1n) is 11.2. The van der Waals surface area contributed by atoms with Gasteiger partial charge in [-0.15, -0.1) is 0 Å². The van der Waals surface area contributed by atoms with Crippen molar-refractivity contribution in [3.8, 4) is 22.6 Å². The Labute approximate surface area is 194 Å². The Bertz CT molecular complexity index is 1310. The second-order valence-corrected chi connectivity index (χ2v) is 7.87. The molecule has 0 N–H and O–H groups in total. The van der Waals surface area contributed by atoms with Crippen LogP contribution in [-0.4, -0.2) is 25.8 Å². The lowest BCUT2D eigenvalue weighted by atomic mass is 9.92. The van der Waals surface area contributed by atoms with Crippen LogP contribution in [0.5, 0.6) is 11.5 Å². The van der Waals surface area contributed by atoms with Crippen molar-refractivity contribution in [1.29, 1.82) is 0 Å². The van der Waals surface area contributed by atoms with Crippen molar-refractivity contribution in [2.75, 3.05) is 19.8 Å². The third-order valence-corrected chi connectivity index (χ3v) is 5.46. The lowest BCUT2D eigenvalue weighted by molar-refractivity contribution is -0.139. The molecular weight excluding hydrogens is 412 g/mol. The molecule has 0 amide bonds. The Morgan fingerprint density at radius 3 is 1.85 bits per heavy atom. The standard InChI is InChI=1S/C29H28O4/c1-4-31-25-16-14-21-10-5-7-12-23(21)27(25)28-24-13-8-6-11-22(24)15-17-26(28)32-18-9-19-33-29(30)20(2)3/h5-8,10-17H,2,4,9,18-19H2,1,3H3. The summed E-state index contributed by atoms with van der Waals surface area (Å²) in [7, 11) is 0. The van der Waals surface area contributed by atoms with Gasteiger partial charge in [0.15, 0.2) is 0 Å². The maximum atomic E-state index is 11.6. The highest BCUT2D eigenvalue weighted by molar-refractivity contribution is 6.09. The lowest BCUT2D eigenvalue weighted by Crippen LogP contribution is -2.09. The van der Waals surface area contributed by atoms with Crippen LogP contribution >= 0.6 is 0 Å². The zero-order valence-corrected chi connectivity index (χ0v) is 19.1. The van der Waals surface area contributed by atoms with E-state index in [1.807, 2.05) is 43.3 Å². The van der Waals surface area contributed by atoms with Gasteiger partial charge in [-0.3, -0.25) is 0 Å². The van der Waals surface area contributed by atoms with Crippen molar-refractivity contribution in [2.45, 2.75) is 20.3 Å². The molecule has 0 aliphatic rings. The van der Waals surface area contributed by atoms with E-state index in [9.17, 15) is 4.79 Å². The van der Waals surface area contributed by atoms with E-state index in [1.54, 1.807) is 6.92 Å². The molecule has 168 valence electrons. The van der Waals surface area contributed by atoms with Gasteiger partial charge in [-0.1, -0.05) is 67.2 Å². The molecule has 0 aromatic heterocycles. The molecule has 0 radical (unpaired) electrons. The Kier molecular flexibility index (Phi) is 6.94. The SMILES string of the molecule is C=C(C)C(=O)OCCCOc1ccc2ccccc2c1-c1c(OCC)ccc2ccccc12. The summed E-state index contributed by atoms with van der Waals surface area (Å²) in [6, 6.07) is 24.8. The smallest absolute Gasteiger partial charge is 0.333 e. The summed E-state index contributed by atoms with van der Waals surface area (Å²) in [6.45, 7) is 8.51. The predicted octanol–water partition coefficient (Wildman–Crippen LogP) is 6.95. The topological polar surface area (TPSA) is 44.8 Å². The fraction of sp³-hybridized carbons (Fsp3) is 0.207. The van der Waals surface area contributed by atoms with E-state index in [1.165, 1.54) is 0 Å². The molecule has 0 saturated carbocycles. The Balaban J connectivity index is 1.76. The molecule has 0 aliphatic heterocycles. The quantitative estimate of drug-likeness (QED) is 0.161. The van der Waals surface area contributed by atoms with Gasteiger partial charge < -0.3 is 14.2 Å². The highest BCUT2D eigenvalue weighted by Crippen LogP contribution is 2.45. The monoisotopic (exact) mass is 440 g/mol. The molecule has 0 spiro atoms. The fourth-order valence-electron chi connectivity index (χ4n) is 3.94. The second-order valence-electron chi connectivity index (χ2n) is 7.87. The number of hydrogen-bond acceptors (Lipinski definition) is 4. The van der Waals surface area contributed by atoms with E-state index in [2.05, 4.69) is 43.0 Å². The van der Waals surface area contributed by atoms with E-state index in [0.717, 1.165) is 44.2 Å². The maximum absolute atomic E-state index is 11.6. The van der Waals surface area contributed by atoms with Gasteiger partial charge in [0, 0.05) is 23.1 Å². The van der Waals surface area contributed by atoms with Gasteiger partial charge in [0.2, 0.25) is 0 Å². The van der Waals surface area contributed by atoms with Gasteiger partial charge in [-0.25, -0.2) is 4.79 Å². The average Bonchev–Trinajstić information content (AvgIpc) is 2.83. The number of rotatable bonds is 9. The zero-order valence-electron chi connectivity index (χ0n) is 19.1. The van der Waals surface area contributed by atoms with Crippen molar-refractivity contribution in [3.05, 3.63) is 84.9 Å². The van der Waals surface area contributed by atoms with Crippen LogP contribution in [0.1, 0.15) is 20.3 Å². The zero-order chi connectivity index (χ0) is 23.2. The normalized spacial score (nSPS) is 10.8. The van der Waals surface area contributed by atoms with E-state index in [0.29, 0.717) is 25.2 Å². The molecule has 0 fully saturated rings. The van der Waals surface area contributed by atoms with E-state index >= 15 is 0 Å². The highest BCUT2D eigenvalue weighted by Gasteiger charge is 2.19. The summed E-state index contributed by atoms with van der Waals surface area (Å²) in [5, 5.41) is 4.48. The molecule has 0 unspecified atom stereocenters. The molecule has 0 atom stereocenters. The number of benzene rings is 4. The van der Waals surface area contributed by atoms with Crippen LogP contribution < -0.4 is 9.47 Å². The number of ether oxygens (including phenoxy) is 3. The molecule has 0 bridgehead atoms. The van der Waals surface area contributed by atoms with Crippen molar-refractivity contribution in [2.24, 2.45) is 0 Å². The van der Waals surface area contributed by atoms with E-state index in [-0.39, 0.29) is 12.6 Å². The number of esters is 1. The summed E-state index contributed by atoms with van der Waals surface area (Å²) in [4.78, 5) is 11.6. The maximum Gasteiger partial charge on any atom is 0.333 e.